The van der Waals surface area contributed by atoms with Crippen LogP contribution in [0.1, 0.15) is 5.56 Å². The fourth-order valence-electron chi connectivity index (χ4n) is 1.93. The minimum Gasteiger partial charge on any atom is -0.436 e. The molecule has 1 heterocycles. The molecule has 3 aromatic rings. The summed E-state index contributed by atoms with van der Waals surface area (Å²) in [7, 11) is 0. The molecule has 0 amide bonds. The molecule has 0 atom stereocenters. The summed E-state index contributed by atoms with van der Waals surface area (Å²) in [5.41, 5.74) is 12.4. The van der Waals surface area contributed by atoms with Crippen molar-refractivity contribution < 1.29 is 4.42 Å². The highest BCUT2D eigenvalue weighted by Crippen LogP contribution is 2.27. The Labute approximate surface area is 109 Å². The fourth-order valence-corrected chi connectivity index (χ4v) is 1.93. The monoisotopic (exact) mass is 250 g/mol. The smallest absolute Gasteiger partial charge is 0.227 e. The summed E-state index contributed by atoms with van der Waals surface area (Å²) in [4.78, 5) is 7.18. The van der Waals surface area contributed by atoms with Crippen LogP contribution in [0.4, 0.5) is 5.69 Å². The highest BCUT2D eigenvalue weighted by Gasteiger charge is 2.08. The van der Waals surface area contributed by atoms with Crippen molar-refractivity contribution in [3.8, 4) is 11.5 Å². The van der Waals surface area contributed by atoms with Gasteiger partial charge in [0.05, 0.1) is 0 Å². The Kier molecular flexibility index (Phi) is 2.67. The Morgan fingerprint density at radius 1 is 1.21 bits per heavy atom. The van der Waals surface area contributed by atoms with Crippen LogP contribution >= 0.6 is 0 Å². The normalized spacial score (nSPS) is 10.4. The van der Waals surface area contributed by atoms with Crippen LogP contribution in [0.25, 0.3) is 33.0 Å². The summed E-state index contributed by atoms with van der Waals surface area (Å²) in [5.74, 6) is 0.566. The van der Waals surface area contributed by atoms with E-state index in [-0.39, 0.29) is 0 Å². The molecule has 92 valence electrons. The second kappa shape index (κ2) is 4.48. The van der Waals surface area contributed by atoms with Gasteiger partial charge in [-0.05, 0) is 36.7 Å². The van der Waals surface area contributed by atoms with Gasteiger partial charge in [0.2, 0.25) is 5.89 Å². The first-order valence-corrected chi connectivity index (χ1v) is 5.79. The number of hydrogen-bond acceptors (Lipinski definition) is 3. The van der Waals surface area contributed by atoms with Crippen molar-refractivity contribution >= 4 is 16.8 Å². The van der Waals surface area contributed by atoms with Crippen LogP contribution in [-0.4, -0.2) is 4.98 Å². The van der Waals surface area contributed by atoms with Crippen molar-refractivity contribution in [2.45, 2.75) is 6.92 Å². The molecule has 0 unspecified atom stereocenters. The molecule has 0 aliphatic rings. The van der Waals surface area contributed by atoms with Crippen molar-refractivity contribution in [1.29, 1.82) is 0 Å². The molecular weight excluding hydrogens is 240 g/mol. The van der Waals surface area contributed by atoms with E-state index in [0.29, 0.717) is 17.2 Å². The van der Waals surface area contributed by atoms with Gasteiger partial charge in [0, 0.05) is 16.2 Å². The molecule has 0 saturated carbocycles. The molecule has 0 bridgehead atoms. The lowest BCUT2D eigenvalue weighted by Crippen LogP contribution is -1.78. The molecule has 0 aliphatic heterocycles. The molecule has 19 heavy (non-hydrogen) atoms. The fraction of sp³-hybridized carbons (Fsp3) is 0.0714. The van der Waals surface area contributed by atoms with Crippen molar-refractivity contribution in [2.75, 3.05) is 0 Å². The number of oxazole rings is 1. The van der Waals surface area contributed by atoms with E-state index in [9.17, 15) is 0 Å². The van der Waals surface area contributed by atoms with E-state index >= 15 is 0 Å². The Balaban J connectivity index is 2.13. The van der Waals surface area contributed by atoms with Crippen LogP contribution < -0.4 is 0 Å². The maximum atomic E-state index is 8.42. The second-order valence-corrected chi connectivity index (χ2v) is 4.23. The highest BCUT2D eigenvalue weighted by atomic mass is 16.3. The summed E-state index contributed by atoms with van der Waals surface area (Å²) in [6.45, 7) is 2.02. The zero-order valence-corrected chi connectivity index (χ0v) is 10.2. The van der Waals surface area contributed by atoms with Gasteiger partial charge in [-0.1, -0.05) is 28.9 Å². The minimum absolute atomic E-state index is 0.516. The predicted octanol–water partition coefficient (Wildman–Crippen LogP) is 4.75. The lowest BCUT2D eigenvalue weighted by atomic mass is 10.1. The maximum absolute atomic E-state index is 8.42. The van der Waals surface area contributed by atoms with E-state index < -0.39 is 0 Å². The zero-order chi connectivity index (χ0) is 13.2. The molecule has 5 heteroatoms. The number of rotatable bonds is 2. The molecule has 1 aromatic heterocycles. The standard InChI is InChI=1S/C14H10N4O/c1-9-3-2-4-10(7-9)14-16-12-6-5-11(17-18-15)8-13(12)19-14/h2-8H,1H3. The van der Waals surface area contributed by atoms with Crippen LogP contribution in [0.3, 0.4) is 0 Å². The summed E-state index contributed by atoms with van der Waals surface area (Å²) in [5, 5.41) is 3.55. The van der Waals surface area contributed by atoms with Crippen LogP contribution in [0.5, 0.6) is 0 Å². The maximum Gasteiger partial charge on any atom is 0.227 e. The molecule has 3 rings (SSSR count). The molecule has 0 fully saturated rings. The SMILES string of the molecule is Cc1cccc(-c2nc3ccc(N=[N+]=[N-])cc3o2)c1. The van der Waals surface area contributed by atoms with E-state index in [1.165, 1.54) is 0 Å². The third-order valence-corrected chi connectivity index (χ3v) is 2.80. The van der Waals surface area contributed by atoms with Crippen LogP contribution in [0.15, 0.2) is 52.0 Å². The van der Waals surface area contributed by atoms with Crippen molar-refractivity contribution in [3.05, 3.63) is 58.5 Å². The number of benzene rings is 2. The highest BCUT2D eigenvalue weighted by molar-refractivity contribution is 5.79. The lowest BCUT2D eigenvalue weighted by molar-refractivity contribution is 0.620. The van der Waals surface area contributed by atoms with Crippen LogP contribution in [0, 0.1) is 6.92 Å². The van der Waals surface area contributed by atoms with E-state index in [1.54, 1.807) is 18.2 Å². The Hall–Kier alpha value is -2.78. The van der Waals surface area contributed by atoms with Gasteiger partial charge >= 0.3 is 0 Å². The van der Waals surface area contributed by atoms with Crippen molar-refractivity contribution in [1.82, 2.24) is 4.98 Å². The van der Waals surface area contributed by atoms with E-state index in [0.717, 1.165) is 16.6 Å². The number of fused-ring (bicyclic) bond motifs is 1. The van der Waals surface area contributed by atoms with Gasteiger partial charge in [-0.3, -0.25) is 0 Å². The number of azide groups is 1. The Morgan fingerprint density at radius 2 is 2.11 bits per heavy atom. The molecule has 0 aliphatic carbocycles. The number of aromatic nitrogens is 1. The van der Waals surface area contributed by atoms with Gasteiger partial charge in [-0.15, -0.1) is 0 Å². The molecule has 0 N–H and O–H groups in total. The molecule has 0 radical (unpaired) electrons. The van der Waals surface area contributed by atoms with Crippen molar-refractivity contribution in [3.63, 3.8) is 0 Å². The number of hydrogen-bond donors (Lipinski definition) is 0. The van der Waals surface area contributed by atoms with E-state index in [1.807, 2.05) is 31.2 Å². The van der Waals surface area contributed by atoms with Gasteiger partial charge in [0.15, 0.2) is 5.58 Å². The van der Waals surface area contributed by atoms with Gasteiger partial charge in [0.25, 0.3) is 0 Å². The Bertz CT molecular complexity index is 800. The largest absolute Gasteiger partial charge is 0.436 e. The first-order valence-electron chi connectivity index (χ1n) is 5.79. The molecular formula is C14H10N4O. The van der Waals surface area contributed by atoms with Gasteiger partial charge < -0.3 is 4.42 Å². The van der Waals surface area contributed by atoms with Gasteiger partial charge in [-0.25, -0.2) is 4.98 Å². The van der Waals surface area contributed by atoms with Gasteiger partial charge in [-0.2, -0.15) is 0 Å². The van der Waals surface area contributed by atoms with Crippen molar-refractivity contribution in [2.24, 2.45) is 5.11 Å². The number of nitrogens with zero attached hydrogens (tertiary/aromatic N) is 4. The predicted molar refractivity (Wildman–Crippen MR) is 73.0 cm³/mol. The summed E-state index contributed by atoms with van der Waals surface area (Å²) in [6.07, 6.45) is 0. The van der Waals surface area contributed by atoms with Crippen LogP contribution in [-0.2, 0) is 0 Å². The summed E-state index contributed by atoms with van der Waals surface area (Å²) < 4.78 is 5.70. The quantitative estimate of drug-likeness (QED) is 0.374. The molecule has 5 nitrogen and oxygen atoms in total. The third-order valence-electron chi connectivity index (χ3n) is 2.80. The summed E-state index contributed by atoms with van der Waals surface area (Å²) in [6, 6.07) is 13.1. The average molecular weight is 250 g/mol. The number of aryl methyl sites for hydroxylation is 1. The minimum atomic E-state index is 0.516. The zero-order valence-electron chi connectivity index (χ0n) is 10.2. The molecule has 0 spiro atoms. The van der Waals surface area contributed by atoms with E-state index in [4.69, 9.17) is 9.95 Å². The van der Waals surface area contributed by atoms with Gasteiger partial charge in [0.1, 0.15) is 5.52 Å². The first-order chi connectivity index (χ1) is 9.26. The van der Waals surface area contributed by atoms with Crippen LogP contribution in [0.2, 0.25) is 0 Å². The molecule has 0 saturated heterocycles. The summed E-state index contributed by atoms with van der Waals surface area (Å²) >= 11 is 0. The third kappa shape index (κ3) is 2.14. The molecule has 2 aromatic carbocycles. The lowest BCUT2D eigenvalue weighted by Gasteiger charge is -1.95. The average Bonchev–Trinajstić information content (AvgIpc) is 2.82. The topological polar surface area (TPSA) is 74.8 Å². The van der Waals surface area contributed by atoms with E-state index in [2.05, 4.69) is 15.0 Å². The second-order valence-electron chi connectivity index (χ2n) is 4.23. The Morgan fingerprint density at radius 3 is 2.89 bits per heavy atom. The first kappa shape index (κ1) is 11.3.